The van der Waals surface area contributed by atoms with E-state index < -0.39 is 5.41 Å². The summed E-state index contributed by atoms with van der Waals surface area (Å²) in [6.07, 6.45) is 9.68. The van der Waals surface area contributed by atoms with E-state index in [4.69, 9.17) is 0 Å². The molecule has 0 unspecified atom stereocenters. The van der Waals surface area contributed by atoms with Crippen molar-refractivity contribution < 1.29 is 14.7 Å². The van der Waals surface area contributed by atoms with Crippen molar-refractivity contribution in [1.82, 2.24) is 0 Å². The van der Waals surface area contributed by atoms with Crippen molar-refractivity contribution in [3.05, 3.63) is 11.6 Å². The number of hydrogen-bond acceptors (Lipinski definition) is 3. The summed E-state index contributed by atoms with van der Waals surface area (Å²) >= 11 is 0. The van der Waals surface area contributed by atoms with Crippen LogP contribution in [0.1, 0.15) is 58.3 Å². The lowest BCUT2D eigenvalue weighted by Crippen LogP contribution is -2.54. The van der Waals surface area contributed by atoms with Gasteiger partial charge in [0.2, 0.25) is 0 Å². The predicted molar refractivity (Wildman–Crippen MR) is 83.1 cm³/mol. The molecule has 4 rings (SSSR count). The third kappa shape index (κ3) is 1.66. The first kappa shape index (κ1) is 14.6. The highest BCUT2D eigenvalue weighted by Gasteiger charge is 2.62. The Hall–Kier alpha value is -0.960. The molecule has 0 aliphatic heterocycles. The van der Waals surface area contributed by atoms with Gasteiger partial charge in [-0.2, -0.15) is 0 Å². The van der Waals surface area contributed by atoms with Crippen molar-refractivity contribution in [2.45, 2.75) is 58.3 Å². The maximum absolute atomic E-state index is 12.9. The van der Waals surface area contributed by atoms with Crippen molar-refractivity contribution in [1.29, 1.82) is 0 Å². The molecule has 0 bridgehead atoms. The first-order valence-electron chi connectivity index (χ1n) is 8.92. The van der Waals surface area contributed by atoms with E-state index in [9.17, 15) is 14.7 Å². The van der Waals surface area contributed by atoms with Crippen molar-refractivity contribution in [2.24, 2.45) is 28.6 Å². The van der Waals surface area contributed by atoms with E-state index in [1.165, 1.54) is 24.8 Å². The van der Waals surface area contributed by atoms with Gasteiger partial charge < -0.3 is 5.11 Å². The van der Waals surface area contributed by atoms with Crippen LogP contribution < -0.4 is 0 Å². The number of aliphatic hydroxyl groups excluding tert-OH is 1. The van der Waals surface area contributed by atoms with Crippen LogP contribution in [0.3, 0.4) is 0 Å². The molecule has 0 saturated heterocycles. The second-order valence-corrected chi connectivity index (χ2v) is 8.25. The maximum atomic E-state index is 12.9. The lowest BCUT2D eigenvalue weighted by molar-refractivity contribution is -0.144. The average Bonchev–Trinajstić information content (AvgIpc) is 2.86. The summed E-state index contributed by atoms with van der Waals surface area (Å²) in [6, 6.07) is 0. The monoisotopic (exact) mass is 302 g/mol. The number of allylic oxidation sites excluding steroid dienone is 2. The summed E-state index contributed by atoms with van der Waals surface area (Å²) in [5.41, 5.74) is 0.919. The molecule has 0 heterocycles. The fourth-order valence-corrected chi connectivity index (χ4v) is 6.32. The zero-order valence-corrected chi connectivity index (χ0v) is 13.4. The van der Waals surface area contributed by atoms with Crippen LogP contribution >= 0.6 is 0 Å². The number of fused-ring (bicyclic) bond motifs is 5. The normalized spacial score (nSPS) is 47.5. The number of aliphatic hydroxyl groups is 1. The Morgan fingerprint density at radius 2 is 1.95 bits per heavy atom. The number of carbonyl (C=O) groups is 2. The molecule has 1 N–H and O–H groups in total. The van der Waals surface area contributed by atoms with Crippen LogP contribution in [0.5, 0.6) is 0 Å². The van der Waals surface area contributed by atoms with Gasteiger partial charge in [-0.3, -0.25) is 9.59 Å². The first-order valence-corrected chi connectivity index (χ1v) is 8.92. The lowest BCUT2D eigenvalue weighted by atomic mass is 9.47. The molecule has 0 radical (unpaired) electrons. The lowest BCUT2D eigenvalue weighted by Gasteiger charge is -2.55. The van der Waals surface area contributed by atoms with Crippen molar-refractivity contribution in [3.8, 4) is 0 Å². The van der Waals surface area contributed by atoms with E-state index in [0.717, 1.165) is 25.7 Å². The Balaban J connectivity index is 1.78. The van der Waals surface area contributed by atoms with Crippen LogP contribution in [0.15, 0.2) is 11.6 Å². The van der Waals surface area contributed by atoms with Gasteiger partial charge in [0.1, 0.15) is 5.78 Å². The van der Waals surface area contributed by atoms with Gasteiger partial charge in [0, 0.05) is 12.3 Å². The van der Waals surface area contributed by atoms with Gasteiger partial charge in [-0.05, 0) is 61.9 Å². The minimum absolute atomic E-state index is 0.0285. The highest BCUT2D eigenvalue weighted by atomic mass is 16.3. The van der Waals surface area contributed by atoms with Crippen LogP contribution in [-0.4, -0.2) is 23.3 Å². The second kappa shape index (κ2) is 4.77. The molecule has 0 aromatic carbocycles. The van der Waals surface area contributed by atoms with Crippen LogP contribution in [0.25, 0.3) is 0 Å². The molecule has 120 valence electrons. The van der Waals surface area contributed by atoms with E-state index in [2.05, 4.69) is 6.92 Å². The number of rotatable bonds is 1. The Morgan fingerprint density at radius 3 is 2.73 bits per heavy atom. The molecule has 0 aromatic heterocycles. The zero-order chi connectivity index (χ0) is 15.5. The largest absolute Gasteiger partial charge is 0.395 e. The standard InChI is InChI=1S/C19H26O3/c1-18-8-3-2-4-12(18)10-15(21)17-13(18)7-9-19(11-20)14(17)5-6-16(19)22/h10,13-14,17,20H,2-9,11H2,1H3/t13-,14-,17+,18-,19+/m0/s1. The van der Waals surface area contributed by atoms with Crippen LogP contribution in [0.4, 0.5) is 0 Å². The zero-order valence-electron chi connectivity index (χ0n) is 13.4. The summed E-state index contributed by atoms with van der Waals surface area (Å²) in [4.78, 5) is 25.3. The molecule has 3 nitrogen and oxygen atoms in total. The van der Waals surface area contributed by atoms with Gasteiger partial charge in [-0.15, -0.1) is 0 Å². The van der Waals surface area contributed by atoms with Gasteiger partial charge in [-0.25, -0.2) is 0 Å². The van der Waals surface area contributed by atoms with E-state index in [1.807, 2.05) is 6.08 Å². The topological polar surface area (TPSA) is 54.4 Å². The number of ketones is 2. The Labute approximate surface area is 132 Å². The average molecular weight is 302 g/mol. The SMILES string of the molecule is C[C@]12CCCCC1=CC(=O)[C@H]1[C@@H]3CCC(=O)[C@@]3(CO)CC[C@@H]12. The summed E-state index contributed by atoms with van der Waals surface area (Å²) in [5, 5.41) is 9.95. The van der Waals surface area contributed by atoms with E-state index in [0.29, 0.717) is 12.3 Å². The van der Waals surface area contributed by atoms with Gasteiger partial charge in [0.05, 0.1) is 12.0 Å². The van der Waals surface area contributed by atoms with Crippen molar-refractivity contribution >= 4 is 11.6 Å². The Morgan fingerprint density at radius 1 is 1.14 bits per heavy atom. The molecular weight excluding hydrogens is 276 g/mol. The van der Waals surface area contributed by atoms with Gasteiger partial charge in [-0.1, -0.05) is 18.9 Å². The minimum Gasteiger partial charge on any atom is -0.395 e. The smallest absolute Gasteiger partial charge is 0.159 e. The molecule has 3 fully saturated rings. The third-order valence-electron chi connectivity index (χ3n) is 7.59. The third-order valence-corrected chi connectivity index (χ3v) is 7.59. The van der Waals surface area contributed by atoms with E-state index >= 15 is 0 Å². The molecule has 3 saturated carbocycles. The fraction of sp³-hybridized carbons (Fsp3) is 0.789. The van der Waals surface area contributed by atoms with Crippen LogP contribution in [0, 0.1) is 28.6 Å². The molecule has 4 aliphatic carbocycles. The second-order valence-electron chi connectivity index (χ2n) is 8.25. The summed E-state index contributed by atoms with van der Waals surface area (Å²) in [7, 11) is 0. The van der Waals surface area contributed by atoms with Gasteiger partial charge in [0.25, 0.3) is 0 Å². The van der Waals surface area contributed by atoms with Crippen molar-refractivity contribution in [3.63, 3.8) is 0 Å². The first-order chi connectivity index (χ1) is 10.5. The molecule has 22 heavy (non-hydrogen) atoms. The van der Waals surface area contributed by atoms with E-state index in [1.54, 1.807) is 0 Å². The van der Waals surface area contributed by atoms with Crippen molar-refractivity contribution in [2.75, 3.05) is 6.61 Å². The molecule has 4 aliphatic rings. The van der Waals surface area contributed by atoms with E-state index in [-0.39, 0.29) is 35.4 Å². The predicted octanol–water partition coefficient (Wildman–Crippen LogP) is 3.06. The molecule has 0 spiro atoms. The molecule has 5 atom stereocenters. The maximum Gasteiger partial charge on any atom is 0.159 e. The number of carbonyl (C=O) groups excluding carboxylic acids is 2. The molecule has 3 heteroatoms. The Bertz CT molecular complexity index is 563. The molecular formula is C19H26O3. The van der Waals surface area contributed by atoms with Crippen LogP contribution in [0.2, 0.25) is 0 Å². The molecule has 0 amide bonds. The highest BCUT2D eigenvalue weighted by molar-refractivity contribution is 5.96. The quantitative estimate of drug-likeness (QED) is 0.810. The number of Topliss-reactive ketones (excluding diaryl/α,β-unsaturated/α-hetero) is 1. The highest BCUT2D eigenvalue weighted by Crippen LogP contribution is 2.63. The van der Waals surface area contributed by atoms with Gasteiger partial charge >= 0.3 is 0 Å². The Kier molecular flexibility index (Phi) is 3.17. The summed E-state index contributed by atoms with van der Waals surface area (Å²) in [5.74, 6) is 0.884. The molecule has 0 aromatic rings. The summed E-state index contributed by atoms with van der Waals surface area (Å²) in [6.45, 7) is 2.28. The number of hydrogen-bond donors (Lipinski definition) is 1. The van der Waals surface area contributed by atoms with Crippen LogP contribution in [-0.2, 0) is 9.59 Å². The summed E-state index contributed by atoms with van der Waals surface area (Å²) < 4.78 is 0. The minimum atomic E-state index is -0.604. The van der Waals surface area contributed by atoms with Gasteiger partial charge in [0.15, 0.2) is 5.78 Å². The fourth-order valence-electron chi connectivity index (χ4n) is 6.32.